The summed E-state index contributed by atoms with van der Waals surface area (Å²) >= 11 is 0. The number of hydrogen-bond donors (Lipinski definition) is 1. The lowest BCUT2D eigenvalue weighted by atomic mass is 9.88. The van der Waals surface area contributed by atoms with Crippen molar-refractivity contribution in [3.05, 3.63) is 77.9 Å². The number of anilines is 1. The average molecular weight is 485 g/mol. The molecule has 0 aliphatic carbocycles. The Hall–Kier alpha value is -3.43. The predicted molar refractivity (Wildman–Crippen MR) is 111 cm³/mol. The monoisotopic (exact) mass is 485 g/mol. The highest BCUT2D eigenvalue weighted by Gasteiger charge is 2.44. The van der Waals surface area contributed by atoms with Gasteiger partial charge in [0.05, 0.1) is 6.04 Å². The topological polar surface area (TPSA) is 30.5 Å². The molecule has 0 unspecified atom stereocenters. The summed E-state index contributed by atoms with van der Waals surface area (Å²) in [6.07, 6.45) is -12.3. The molecule has 0 amide bonds. The maximum atomic E-state index is 13.3. The van der Waals surface area contributed by atoms with Crippen molar-refractivity contribution in [2.45, 2.75) is 37.8 Å². The Morgan fingerprint density at radius 3 is 2.21 bits per heavy atom. The highest BCUT2D eigenvalue weighted by Crippen LogP contribution is 2.40. The molecule has 180 valence electrons. The van der Waals surface area contributed by atoms with Crippen LogP contribution in [0.3, 0.4) is 0 Å². The van der Waals surface area contributed by atoms with E-state index in [0.29, 0.717) is 24.0 Å². The van der Waals surface area contributed by atoms with Crippen LogP contribution in [0.5, 0.6) is 11.5 Å². The van der Waals surface area contributed by atoms with Crippen LogP contribution in [0, 0.1) is 0 Å². The summed E-state index contributed by atoms with van der Waals surface area (Å²) in [6, 6.07) is 16.2. The van der Waals surface area contributed by atoms with Gasteiger partial charge in [0.1, 0.15) is 11.5 Å². The summed E-state index contributed by atoms with van der Waals surface area (Å²) in [5.41, 5.74) is 3.44. The van der Waals surface area contributed by atoms with E-state index in [-0.39, 0.29) is 17.5 Å². The van der Waals surface area contributed by atoms with Crippen molar-refractivity contribution < 1.29 is 40.2 Å². The number of alkyl halides is 7. The molecule has 1 heterocycles. The van der Waals surface area contributed by atoms with Crippen LogP contribution in [0.2, 0.25) is 0 Å². The molecule has 3 aromatic carbocycles. The van der Waals surface area contributed by atoms with Gasteiger partial charge in [0.2, 0.25) is 0 Å². The van der Waals surface area contributed by atoms with Crippen LogP contribution in [0.4, 0.5) is 36.4 Å². The molecular formula is C24H18F7NO2. The molecule has 34 heavy (non-hydrogen) atoms. The molecule has 3 nitrogen and oxygen atoms in total. The maximum absolute atomic E-state index is 13.3. The predicted octanol–water partition coefficient (Wildman–Crippen LogP) is 7.59. The highest BCUT2D eigenvalue weighted by molar-refractivity contribution is 5.76. The largest absolute Gasteiger partial charge is 0.573 e. The van der Waals surface area contributed by atoms with Crippen molar-refractivity contribution in [2.24, 2.45) is 0 Å². The van der Waals surface area contributed by atoms with E-state index in [9.17, 15) is 30.7 Å². The second kappa shape index (κ2) is 9.08. The van der Waals surface area contributed by atoms with Crippen LogP contribution < -0.4 is 14.8 Å². The molecule has 1 N–H and O–H groups in total. The second-order valence-electron chi connectivity index (χ2n) is 7.68. The Bertz CT molecular complexity index is 1160. The van der Waals surface area contributed by atoms with Gasteiger partial charge in [0, 0.05) is 5.69 Å². The van der Waals surface area contributed by atoms with Crippen LogP contribution in [0.25, 0.3) is 11.1 Å². The molecular weight excluding hydrogens is 467 g/mol. The van der Waals surface area contributed by atoms with Crippen LogP contribution in [0.15, 0.2) is 66.7 Å². The smallest absolute Gasteiger partial charge is 0.428 e. The minimum Gasteiger partial charge on any atom is -0.428 e. The first-order valence-electron chi connectivity index (χ1n) is 10.2. The van der Waals surface area contributed by atoms with Crippen molar-refractivity contribution >= 4 is 5.69 Å². The molecule has 1 atom stereocenters. The van der Waals surface area contributed by atoms with E-state index >= 15 is 0 Å². The number of ether oxygens (including phenoxy) is 2. The third-order valence-electron chi connectivity index (χ3n) is 5.34. The fourth-order valence-corrected chi connectivity index (χ4v) is 3.92. The van der Waals surface area contributed by atoms with Crippen LogP contribution in [-0.4, -0.2) is 18.9 Å². The zero-order valence-corrected chi connectivity index (χ0v) is 17.4. The zero-order valence-electron chi connectivity index (χ0n) is 17.4. The summed E-state index contributed by atoms with van der Waals surface area (Å²) in [5.74, 6) is -0.715. The number of fused-ring (bicyclic) bond motifs is 1. The molecule has 0 bridgehead atoms. The van der Waals surface area contributed by atoms with Gasteiger partial charge < -0.3 is 14.8 Å². The minimum absolute atomic E-state index is 0.314. The molecule has 0 saturated carbocycles. The van der Waals surface area contributed by atoms with E-state index < -0.39 is 18.9 Å². The second-order valence-corrected chi connectivity index (χ2v) is 7.68. The van der Waals surface area contributed by atoms with Gasteiger partial charge in [-0.05, 0) is 65.4 Å². The average Bonchev–Trinajstić information content (AvgIpc) is 2.77. The lowest BCUT2D eigenvalue weighted by Crippen LogP contribution is -2.33. The number of benzene rings is 3. The van der Waals surface area contributed by atoms with Gasteiger partial charge in [-0.1, -0.05) is 36.4 Å². The van der Waals surface area contributed by atoms with E-state index in [2.05, 4.69) is 14.8 Å². The van der Waals surface area contributed by atoms with Gasteiger partial charge in [-0.25, -0.2) is 0 Å². The van der Waals surface area contributed by atoms with Crippen LogP contribution >= 0.6 is 0 Å². The molecule has 1 aliphatic rings. The van der Waals surface area contributed by atoms with Crippen LogP contribution in [0.1, 0.15) is 23.6 Å². The van der Waals surface area contributed by atoms with E-state index in [1.807, 2.05) is 0 Å². The normalized spacial score (nSPS) is 16.1. The zero-order chi connectivity index (χ0) is 24.5. The summed E-state index contributed by atoms with van der Waals surface area (Å²) in [5, 5.41) is 3.29. The quantitative estimate of drug-likeness (QED) is 0.365. The third-order valence-corrected chi connectivity index (χ3v) is 5.34. The standard InChI is InChI=1S/C24H18F7NO2/c25-22(26)23(27,28)33-16-6-2-5-15(13-16)20-11-10-19-18(8-3-9-21(19)32-20)14-4-1-7-17(12-14)34-24(29,30)31/h1-9,12-13,20,22,32H,10-11H2/t20-/m0/s1. The number of rotatable bonds is 6. The van der Waals surface area contributed by atoms with Crippen molar-refractivity contribution in [1.29, 1.82) is 0 Å². The van der Waals surface area contributed by atoms with Gasteiger partial charge in [-0.2, -0.15) is 17.6 Å². The molecule has 0 spiro atoms. The molecule has 3 aromatic rings. The molecule has 10 heteroatoms. The summed E-state index contributed by atoms with van der Waals surface area (Å²) < 4.78 is 97.4. The van der Waals surface area contributed by atoms with Gasteiger partial charge >= 0.3 is 18.9 Å². The van der Waals surface area contributed by atoms with Crippen molar-refractivity contribution in [3.63, 3.8) is 0 Å². The fourth-order valence-electron chi connectivity index (χ4n) is 3.92. The van der Waals surface area contributed by atoms with Crippen molar-refractivity contribution in [3.8, 4) is 22.6 Å². The minimum atomic E-state index is -4.80. The third kappa shape index (κ3) is 5.37. The number of hydrogen-bond acceptors (Lipinski definition) is 3. The molecule has 0 saturated heterocycles. The Morgan fingerprint density at radius 2 is 1.50 bits per heavy atom. The number of nitrogens with one attached hydrogen (secondary N) is 1. The van der Waals surface area contributed by atoms with Crippen molar-refractivity contribution in [2.75, 3.05) is 5.32 Å². The fraction of sp³-hybridized carbons (Fsp3) is 0.250. The molecule has 0 fully saturated rings. The van der Waals surface area contributed by atoms with Gasteiger partial charge in [-0.15, -0.1) is 13.2 Å². The van der Waals surface area contributed by atoms with Gasteiger partial charge in [0.25, 0.3) is 0 Å². The first-order chi connectivity index (χ1) is 16.0. The van der Waals surface area contributed by atoms with E-state index in [4.69, 9.17) is 0 Å². The Kier molecular flexibility index (Phi) is 6.33. The van der Waals surface area contributed by atoms with Crippen molar-refractivity contribution in [1.82, 2.24) is 0 Å². The maximum Gasteiger partial charge on any atom is 0.573 e. The molecule has 0 radical (unpaired) electrons. The van der Waals surface area contributed by atoms with E-state index in [1.54, 1.807) is 30.3 Å². The SMILES string of the molecule is FC(F)C(F)(F)Oc1cccc([C@@H]2CCc3c(cccc3-c3cccc(OC(F)(F)F)c3)N2)c1. The van der Waals surface area contributed by atoms with E-state index in [1.165, 1.54) is 36.4 Å². The van der Waals surface area contributed by atoms with Gasteiger partial charge in [0.15, 0.2) is 0 Å². The number of halogens is 7. The van der Waals surface area contributed by atoms with E-state index in [0.717, 1.165) is 16.8 Å². The summed E-state index contributed by atoms with van der Waals surface area (Å²) in [4.78, 5) is 0. The first-order valence-corrected chi connectivity index (χ1v) is 10.2. The highest BCUT2D eigenvalue weighted by atomic mass is 19.4. The Morgan fingerprint density at radius 1 is 0.824 bits per heavy atom. The summed E-state index contributed by atoms with van der Waals surface area (Å²) in [6.45, 7) is 0. The lowest BCUT2D eigenvalue weighted by molar-refractivity contribution is -0.274. The Balaban J connectivity index is 1.57. The first kappa shape index (κ1) is 23.7. The summed E-state index contributed by atoms with van der Waals surface area (Å²) in [7, 11) is 0. The van der Waals surface area contributed by atoms with Gasteiger partial charge in [-0.3, -0.25) is 0 Å². The Labute approximate surface area is 190 Å². The van der Waals surface area contributed by atoms with Crippen LogP contribution in [-0.2, 0) is 6.42 Å². The lowest BCUT2D eigenvalue weighted by Gasteiger charge is -2.29. The molecule has 1 aliphatic heterocycles. The molecule has 0 aromatic heterocycles. The molecule has 4 rings (SSSR count).